The van der Waals surface area contributed by atoms with Gasteiger partial charge in [-0.3, -0.25) is 4.79 Å². The van der Waals surface area contributed by atoms with Gasteiger partial charge >= 0.3 is 5.97 Å². The van der Waals surface area contributed by atoms with Crippen LogP contribution in [0, 0.1) is 0 Å². The van der Waals surface area contributed by atoms with Crippen molar-refractivity contribution < 1.29 is 14.7 Å². The third-order valence-corrected chi connectivity index (χ3v) is 3.11. The molecule has 0 atom stereocenters. The second-order valence-corrected chi connectivity index (χ2v) is 4.60. The highest BCUT2D eigenvalue weighted by Crippen LogP contribution is 2.20. The maximum Gasteiger partial charge on any atom is 0.335 e. The molecule has 20 heavy (non-hydrogen) atoms. The van der Waals surface area contributed by atoms with Crippen molar-refractivity contribution in [3.8, 4) is 0 Å². The molecule has 0 radical (unpaired) electrons. The summed E-state index contributed by atoms with van der Waals surface area (Å²) in [6.07, 6.45) is 1.28. The van der Waals surface area contributed by atoms with E-state index in [9.17, 15) is 9.59 Å². The van der Waals surface area contributed by atoms with Crippen LogP contribution in [0.3, 0.4) is 0 Å². The van der Waals surface area contributed by atoms with E-state index in [4.69, 9.17) is 28.3 Å². The van der Waals surface area contributed by atoms with Crippen molar-refractivity contribution >= 4 is 40.8 Å². The first-order valence-electron chi connectivity index (χ1n) is 5.43. The number of carboxylic acids is 1. The normalized spacial score (nSPS) is 10.1. The largest absolute Gasteiger partial charge is 0.478 e. The Kier molecular flexibility index (Phi) is 4.22. The van der Waals surface area contributed by atoms with Crippen molar-refractivity contribution in [1.29, 1.82) is 0 Å². The fourth-order valence-corrected chi connectivity index (χ4v) is 1.75. The van der Waals surface area contributed by atoms with Crippen molar-refractivity contribution in [2.45, 2.75) is 0 Å². The van der Waals surface area contributed by atoms with Crippen LogP contribution in [0.4, 0.5) is 5.69 Å². The van der Waals surface area contributed by atoms with Gasteiger partial charge in [0.2, 0.25) is 0 Å². The molecule has 0 aliphatic carbocycles. The first kappa shape index (κ1) is 14.3. The Morgan fingerprint density at radius 1 is 1.15 bits per heavy atom. The molecule has 0 aliphatic heterocycles. The van der Waals surface area contributed by atoms with Gasteiger partial charge in [-0.1, -0.05) is 29.3 Å². The van der Waals surface area contributed by atoms with Gasteiger partial charge in [-0.05, 0) is 24.3 Å². The molecule has 0 bridgehead atoms. The molecule has 0 saturated carbocycles. The number of aromatic carboxylic acids is 1. The highest BCUT2D eigenvalue weighted by Gasteiger charge is 2.10. The zero-order valence-corrected chi connectivity index (χ0v) is 11.4. The predicted octanol–water partition coefficient (Wildman–Crippen LogP) is 3.34. The first-order chi connectivity index (χ1) is 9.47. The Morgan fingerprint density at radius 2 is 1.90 bits per heavy atom. The molecule has 1 aromatic carbocycles. The van der Waals surface area contributed by atoms with Gasteiger partial charge in [-0.25, -0.2) is 9.78 Å². The number of nitrogens with zero attached hydrogens (tertiary/aromatic N) is 1. The van der Waals surface area contributed by atoms with E-state index in [2.05, 4.69) is 10.3 Å². The second kappa shape index (κ2) is 5.90. The molecular formula is C13H8Cl2N2O3. The zero-order chi connectivity index (χ0) is 14.7. The van der Waals surface area contributed by atoms with Gasteiger partial charge in [0.15, 0.2) is 0 Å². The number of anilines is 1. The molecule has 7 heteroatoms. The Bertz CT molecular complexity index is 689. The van der Waals surface area contributed by atoms with Gasteiger partial charge in [0.05, 0.1) is 16.1 Å². The molecule has 1 heterocycles. The van der Waals surface area contributed by atoms with Crippen molar-refractivity contribution in [3.05, 3.63) is 57.8 Å². The third kappa shape index (κ3) is 3.26. The molecule has 102 valence electrons. The van der Waals surface area contributed by atoms with Crippen LogP contribution >= 0.6 is 23.2 Å². The maximum absolute atomic E-state index is 12.0. The van der Waals surface area contributed by atoms with Crippen molar-refractivity contribution in [2.75, 3.05) is 5.32 Å². The van der Waals surface area contributed by atoms with E-state index in [1.54, 1.807) is 6.07 Å². The van der Waals surface area contributed by atoms with Crippen LogP contribution in [0.25, 0.3) is 0 Å². The maximum atomic E-state index is 12.0. The Hall–Kier alpha value is -2.11. The molecule has 2 aromatic rings. The summed E-state index contributed by atoms with van der Waals surface area (Å²) in [5.41, 5.74) is 0.663. The lowest BCUT2D eigenvalue weighted by molar-refractivity contribution is 0.0696. The number of carbonyl (C=O) groups is 2. The summed E-state index contributed by atoms with van der Waals surface area (Å²) in [5, 5.41) is 11.7. The topological polar surface area (TPSA) is 79.3 Å². The Balaban J connectivity index is 2.21. The number of amides is 1. The monoisotopic (exact) mass is 310 g/mol. The van der Waals surface area contributed by atoms with E-state index in [1.165, 1.54) is 30.5 Å². The van der Waals surface area contributed by atoms with E-state index >= 15 is 0 Å². The number of carboxylic acid groups (broad SMARTS) is 1. The van der Waals surface area contributed by atoms with Crippen LogP contribution in [-0.2, 0) is 0 Å². The van der Waals surface area contributed by atoms with Gasteiger partial charge < -0.3 is 10.4 Å². The first-order valence-corrected chi connectivity index (χ1v) is 6.18. The number of hydrogen-bond acceptors (Lipinski definition) is 3. The summed E-state index contributed by atoms with van der Waals surface area (Å²) < 4.78 is 0. The Labute approximate surface area is 124 Å². The standard InChI is InChI=1S/C13H8Cl2N2O3/c14-10-5-8(6-16-11(10)15)12(18)17-9-3-1-2-7(4-9)13(19)20/h1-6H,(H,17,18)(H,19,20). The van der Waals surface area contributed by atoms with E-state index in [0.717, 1.165) is 0 Å². The lowest BCUT2D eigenvalue weighted by Gasteiger charge is -2.06. The highest BCUT2D eigenvalue weighted by molar-refractivity contribution is 6.41. The summed E-state index contributed by atoms with van der Waals surface area (Å²) in [6.45, 7) is 0. The molecule has 5 nitrogen and oxygen atoms in total. The lowest BCUT2D eigenvalue weighted by Crippen LogP contribution is -2.12. The highest BCUT2D eigenvalue weighted by atomic mass is 35.5. The van der Waals surface area contributed by atoms with Crippen LogP contribution in [0.15, 0.2) is 36.5 Å². The molecule has 2 N–H and O–H groups in total. The average Bonchev–Trinajstić information content (AvgIpc) is 2.42. The number of aromatic nitrogens is 1. The van der Waals surface area contributed by atoms with E-state index in [-0.39, 0.29) is 21.3 Å². The molecule has 0 aliphatic rings. The second-order valence-electron chi connectivity index (χ2n) is 3.84. The van der Waals surface area contributed by atoms with Gasteiger partial charge in [-0.15, -0.1) is 0 Å². The van der Waals surface area contributed by atoms with Crippen molar-refractivity contribution in [2.24, 2.45) is 0 Å². The summed E-state index contributed by atoms with van der Waals surface area (Å²) in [5.74, 6) is -1.53. The third-order valence-electron chi connectivity index (χ3n) is 2.43. The fourth-order valence-electron chi connectivity index (χ4n) is 1.48. The molecule has 2 rings (SSSR count). The molecule has 1 amide bonds. The van der Waals surface area contributed by atoms with Gasteiger partial charge in [0.1, 0.15) is 5.15 Å². The lowest BCUT2D eigenvalue weighted by atomic mass is 10.2. The number of nitrogens with one attached hydrogen (secondary N) is 1. The van der Waals surface area contributed by atoms with Crippen molar-refractivity contribution in [3.63, 3.8) is 0 Å². The summed E-state index contributed by atoms with van der Waals surface area (Å²) >= 11 is 11.4. The Morgan fingerprint density at radius 3 is 2.55 bits per heavy atom. The predicted molar refractivity (Wildman–Crippen MR) is 75.6 cm³/mol. The van der Waals surface area contributed by atoms with Crippen LogP contribution in [0.1, 0.15) is 20.7 Å². The summed E-state index contributed by atoms with van der Waals surface area (Å²) in [4.78, 5) is 26.6. The number of rotatable bonds is 3. The minimum Gasteiger partial charge on any atom is -0.478 e. The van der Waals surface area contributed by atoms with Gasteiger partial charge in [0.25, 0.3) is 5.91 Å². The molecule has 0 spiro atoms. The minimum absolute atomic E-state index is 0.0788. The smallest absolute Gasteiger partial charge is 0.335 e. The molecule has 0 unspecified atom stereocenters. The van der Waals surface area contributed by atoms with E-state index < -0.39 is 11.9 Å². The average molecular weight is 311 g/mol. The molecular weight excluding hydrogens is 303 g/mol. The van der Waals surface area contributed by atoms with Crippen molar-refractivity contribution in [1.82, 2.24) is 4.98 Å². The van der Waals surface area contributed by atoms with Gasteiger partial charge in [-0.2, -0.15) is 0 Å². The molecule has 1 aromatic heterocycles. The number of carbonyl (C=O) groups excluding carboxylic acids is 1. The zero-order valence-electron chi connectivity index (χ0n) is 9.93. The fraction of sp³-hybridized carbons (Fsp3) is 0. The number of halogens is 2. The number of benzene rings is 1. The summed E-state index contributed by atoms with van der Waals surface area (Å²) in [7, 11) is 0. The molecule has 0 saturated heterocycles. The van der Waals surface area contributed by atoms with Gasteiger partial charge in [0, 0.05) is 11.9 Å². The quantitative estimate of drug-likeness (QED) is 0.852. The van der Waals surface area contributed by atoms with Crippen LogP contribution in [-0.4, -0.2) is 22.0 Å². The van der Waals surface area contributed by atoms with Crippen LogP contribution < -0.4 is 5.32 Å². The number of pyridine rings is 1. The number of hydrogen-bond donors (Lipinski definition) is 2. The van der Waals surface area contributed by atoms with Crippen LogP contribution in [0.5, 0.6) is 0 Å². The minimum atomic E-state index is -1.07. The SMILES string of the molecule is O=C(O)c1cccc(NC(=O)c2cnc(Cl)c(Cl)c2)c1. The van der Waals surface area contributed by atoms with E-state index in [1.807, 2.05) is 0 Å². The molecule has 0 fully saturated rings. The van der Waals surface area contributed by atoms with E-state index in [0.29, 0.717) is 5.69 Å². The summed E-state index contributed by atoms with van der Waals surface area (Å²) in [6, 6.07) is 7.28. The van der Waals surface area contributed by atoms with Crippen LogP contribution in [0.2, 0.25) is 10.2 Å².